The quantitative estimate of drug-likeness (QED) is 0.0374. The monoisotopic (exact) mass is 1130 g/mol. The first-order valence-electron chi connectivity index (χ1n) is 37.4. The number of carbonyl (C=O) groups is 2. The number of unbranched alkanes of at least 4 members (excludes halogenated alkanes) is 57. The number of rotatable bonds is 70. The molecule has 0 saturated carbocycles. The summed E-state index contributed by atoms with van der Waals surface area (Å²) in [7, 11) is 1.47. The molecule has 0 saturated heterocycles. The zero-order valence-corrected chi connectivity index (χ0v) is 55.5. The van der Waals surface area contributed by atoms with Crippen LogP contribution in [-0.2, 0) is 14.3 Å². The summed E-state index contributed by atoms with van der Waals surface area (Å²) in [5.74, 6) is 0.236. The van der Waals surface area contributed by atoms with Gasteiger partial charge in [0.05, 0.1) is 19.1 Å². The number of esters is 1. The van der Waals surface area contributed by atoms with E-state index in [-0.39, 0.29) is 17.8 Å². The van der Waals surface area contributed by atoms with Crippen LogP contribution in [0.3, 0.4) is 0 Å². The lowest BCUT2D eigenvalue weighted by Crippen LogP contribution is -2.29. The largest absolute Gasteiger partial charge is 0.469 e. The molecule has 0 aromatic heterocycles. The highest BCUT2D eigenvalue weighted by Crippen LogP contribution is 2.24. The van der Waals surface area contributed by atoms with Crippen LogP contribution in [0.1, 0.15) is 438 Å². The van der Waals surface area contributed by atoms with Gasteiger partial charge in [0.2, 0.25) is 0 Å². The maximum absolute atomic E-state index is 12.6. The Bertz CT molecular complexity index is 1210. The molecular weight excluding hydrogens is 977 g/mol. The van der Waals surface area contributed by atoms with Crippen molar-refractivity contribution in [3.05, 3.63) is 12.2 Å². The number of carbonyl (C=O) groups excluding carboxylic acids is 2. The number of aliphatic hydroxyl groups is 1. The normalized spacial score (nSPS) is 13.0. The van der Waals surface area contributed by atoms with Crippen molar-refractivity contribution in [2.24, 2.45) is 11.8 Å². The van der Waals surface area contributed by atoms with Crippen molar-refractivity contribution in [1.82, 2.24) is 0 Å². The Kier molecular flexibility index (Phi) is 67.6. The van der Waals surface area contributed by atoms with Crippen LogP contribution >= 0.6 is 0 Å². The molecule has 476 valence electrons. The Labute approximate surface area is 504 Å². The fraction of sp³-hybridized carbons (Fsp3) is 0.947. The van der Waals surface area contributed by atoms with Crippen molar-refractivity contribution >= 4 is 11.8 Å². The van der Waals surface area contributed by atoms with Crippen molar-refractivity contribution in [3.63, 3.8) is 0 Å². The zero-order chi connectivity index (χ0) is 58.0. The second-order valence-electron chi connectivity index (χ2n) is 26.4. The zero-order valence-electron chi connectivity index (χ0n) is 55.5. The molecule has 3 atom stereocenters. The van der Waals surface area contributed by atoms with Gasteiger partial charge in [-0.2, -0.15) is 0 Å². The van der Waals surface area contributed by atoms with Crippen LogP contribution in [0.2, 0.25) is 0 Å². The van der Waals surface area contributed by atoms with E-state index in [1.54, 1.807) is 0 Å². The van der Waals surface area contributed by atoms with Gasteiger partial charge >= 0.3 is 5.97 Å². The van der Waals surface area contributed by atoms with Crippen LogP contribution < -0.4 is 0 Å². The molecule has 4 nitrogen and oxygen atoms in total. The molecule has 0 amide bonds. The summed E-state index contributed by atoms with van der Waals surface area (Å²) in [5, 5.41) is 10.9. The van der Waals surface area contributed by atoms with Crippen LogP contribution in [-0.4, -0.2) is 30.1 Å². The molecule has 0 aliphatic carbocycles. The van der Waals surface area contributed by atoms with Crippen LogP contribution in [0.15, 0.2) is 12.2 Å². The Balaban J connectivity index is 3.43. The van der Waals surface area contributed by atoms with Gasteiger partial charge in [0.15, 0.2) is 0 Å². The summed E-state index contributed by atoms with van der Waals surface area (Å²) in [6.07, 6.45) is 90.7. The fourth-order valence-corrected chi connectivity index (χ4v) is 12.6. The smallest absolute Gasteiger partial charge is 0.311 e. The molecule has 0 fully saturated rings. The number of allylic oxidation sites excluding steroid dienone is 2. The summed E-state index contributed by atoms with van der Waals surface area (Å²) >= 11 is 0. The Morgan fingerprint density at radius 1 is 0.312 bits per heavy atom. The van der Waals surface area contributed by atoms with Gasteiger partial charge in [-0.1, -0.05) is 392 Å². The van der Waals surface area contributed by atoms with E-state index in [0.29, 0.717) is 5.78 Å². The van der Waals surface area contributed by atoms with E-state index >= 15 is 0 Å². The third kappa shape index (κ3) is 61.4. The second kappa shape index (κ2) is 68.6. The molecule has 0 heterocycles. The third-order valence-corrected chi connectivity index (χ3v) is 18.5. The highest BCUT2D eigenvalue weighted by atomic mass is 16.5. The van der Waals surface area contributed by atoms with Gasteiger partial charge in [-0.25, -0.2) is 0 Å². The SMILES string of the molecule is CCCCCCCCCCCCCCCCCCCCC(C(=O)OC)C(O)CCCCCCCCCCCCCCCCCCCC=CCCCCCCCCCCCCC(=O)C(C)CCCCCCCCCCCCCCCC. The molecule has 80 heavy (non-hydrogen) atoms. The van der Waals surface area contributed by atoms with E-state index in [2.05, 4.69) is 32.9 Å². The summed E-state index contributed by atoms with van der Waals surface area (Å²) in [6, 6.07) is 0. The first kappa shape index (κ1) is 78.8. The summed E-state index contributed by atoms with van der Waals surface area (Å²) in [5.41, 5.74) is 0. The van der Waals surface area contributed by atoms with Crippen molar-refractivity contribution in [3.8, 4) is 0 Å². The molecular formula is C76H148O4. The van der Waals surface area contributed by atoms with Gasteiger partial charge in [0, 0.05) is 12.3 Å². The number of ketones is 1. The van der Waals surface area contributed by atoms with Crippen molar-refractivity contribution < 1.29 is 19.4 Å². The average molecular weight is 1130 g/mol. The molecule has 0 rings (SSSR count). The van der Waals surface area contributed by atoms with Crippen molar-refractivity contribution in [2.45, 2.75) is 444 Å². The van der Waals surface area contributed by atoms with Gasteiger partial charge in [0.1, 0.15) is 5.78 Å². The van der Waals surface area contributed by atoms with E-state index in [0.717, 1.165) is 57.8 Å². The molecule has 0 radical (unpaired) electrons. The number of ether oxygens (including phenoxy) is 1. The highest BCUT2D eigenvalue weighted by Gasteiger charge is 2.26. The maximum Gasteiger partial charge on any atom is 0.311 e. The molecule has 0 aliphatic rings. The van der Waals surface area contributed by atoms with Crippen LogP contribution in [0, 0.1) is 11.8 Å². The molecule has 3 unspecified atom stereocenters. The summed E-state index contributed by atoms with van der Waals surface area (Å²) < 4.78 is 5.11. The molecule has 0 aliphatic heterocycles. The molecule has 0 aromatic rings. The minimum atomic E-state index is -0.558. The summed E-state index contributed by atoms with van der Waals surface area (Å²) in [4.78, 5) is 25.1. The molecule has 4 heteroatoms. The van der Waals surface area contributed by atoms with Crippen molar-refractivity contribution in [2.75, 3.05) is 7.11 Å². The Hall–Kier alpha value is -1.16. The highest BCUT2D eigenvalue weighted by molar-refractivity contribution is 5.80. The Morgan fingerprint density at radius 3 is 0.812 bits per heavy atom. The van der Waals surface area contributed by atoms with Gasteiger partial charge < -0.3 is 9.84 Å². The second-order valence-corrected chi connectivity index (χ2v) is 26.4. The Morgan fingerprint density at radius 2 is 0.537 bits per heavy atom. The molecule has 0 aromatic carbocycles. The third-order valence-electron chi connectivity index (χ3n) is 18.5. The molecule has 0 spiro atoms. The van der Waals surface area contributed by atoms with Crippen molar-refractivity contribution in [1.29, 1.82) is 0 Å². The first-order valence-corrected chi connectivity index (χ1v) is 37.4. The minimum Gasteiger partial charge on any atom is -0.469 e. The molecule has 0 bridgehead atoms. The standard InChI is InChI=1S/C76H148O4/c1-5-7-9-11-13-15-17-19-21-22-38-41-45-49-53-57-61-65-69-73(76(79)80-4)75(78)71-67-63-59-55-51-47-43-40-37-35-33-31-29-27-25-23-24-26-28-30-32-34-36-39-42-46-50-54-58-62-66-70-74(77)72(3)68-64-60-56-52-48-44-20-18-16-14-12-10-8-6-2/h28,30,72-73,75,78H,5-27,29,31-71H2,1-4H3. The predicted molar refractivity (Wildman–Crippen MR) is 356 cm³/mol. The fourth-order valence-electron chi connectivity index (χ4n) is 12.6. The number of hydrogen-bond donors (Lipinski definition) is 1. The maximum atomic E-state index is 12.6. The lowest BCUT2D eigenvalue weighted by atomic mass is 9.91. The number of Topliss-reactive ketones (excluding diaryl/α,β-unsaturated/α-hetero) is 1. The minimum absolute atomic E-state index is 0.217. The van der Waals surface area contributed by atoms with Gasteiger partial charge in [0.25, 0.3) is 0 Å². The van der Waals surface area contributed by atoms with Crippen LogP contribution in [0.5, 0.6) is 0 Å². The lowest BCUT2D eigenvalue weighted by Gasteiger charge is -2.20. The first-order chi connectivity index (χ1) is 39.5. The number of methoxy groups -OCH3 is 1. The average Bonchev–Trinajstić information content (AvgIpc) is 3.46. The van der Waals surface area contributed by atoms with E-state index in [1.807, 2.05) is 0 Å². The summed E-state index contributed by atoms with van der Waals surface area (Å²) in [6.45, 7) is 6.78. The van der Waals surface area contributed by atoms with Gasteiger partial charge in [-0.05, 0) is 51.4 Å². The van der Waals surface area contributed by atoms with Crippen LogP contribution in [0.4, 0.5) is 0 Å². The van der Waals surface area contributed by atoms with E-state index in [1.165, 1.54) is 367 Å². The van der Waals surface area contributed by atoms with Gasteiger partial charge in [-0.3, -0.25) is 9.59 Å². The predicted octanol–water partition coefficient (Wildman–Crippen LogP) is 26.3. The number of aliphatic hydroxyl groups excluding tert-OH is 1. The molecule has 1 N–H and O–H groups in total. The lowest BCUT2D eigenvalue weighted by molar-refractivity contribution is -0.150. The van der Waals surface area contributed by atoms with Gasteiger partial charge in [-0.15, -0.1) is 0 Å². The van der Waals surface area contributed by atoms with Crippen LogP contribution in [0.25, 0.3) is 0 Å². The van der Waals surface area contributed by atoms with E-state index < -0.39 is 6.10 Å². The van der Waals surface area contributed by atoms with E-state index in [9.17, 15) is 14.7 Å². The topological polar surface area (TPSA) is 63.6 Å². The number of hydrogen-bond acceptors (Lipinski definition) is 4. The van der Waals surface area contributed by atoms with E-state index in [4.69, 9.17) is 4.74 Å².